The lowest BCUT2D eigenvalue weighted by atomic mass is 10.2. The van der Waals surface area contributed by atoms with E-state index in [9.17, 15) is 0 Å². The topological polar surface area (TPSA) is 64.4 Å². The van der Waals surface area contributed by atoms with E-state index in [1.165, 1.54) is 0 Å². The van der Waals surface area contributed by atoms with Crippen molar-refractivity contribution in [1.29, 1.82) is 0 Å². The van der Waals surface area contributed by atoms with E-state index in [-0.39, 0.29) is 6.10 Å². The zero-order valence-electron chi connectivity index (χ0n) is 12.5. The van der Waals surface area contributed by atoms with Gasteiger partial charge in [0.15, 0.2) is 11.5 Å². The predicted octanol–water partition coefficient (Wildman–Crippen LogP) is 2.93. The highest BCUT2D eigenvalue weighted by Gasteiger charge is 2.07. The first-order valence-corrected chi connectivity index (χ1v) is 6.95. The second kappa shape index (κ2) is 6.53. The van der Waals surface area contributed by atoms with E-state index in [1.54, 1.807) is 18.0 Å². The minimum absolute atomic E-state index is 0.0656. The fraction of sp³-hybridized carbons (Fsp3) is 0.357. The molecule has 0 unspecified atom stereocenters. The van der Waals surface area contributed by atoms with Crippen molar-refractivity contribution in [2.45, 2.75) is 26.9 Å². The summed E-state index contributed by atoms with van der Waals surface area (Å²) < 4.78 is 13.0. The third kappa shape index (κ3) is 3.69. The van der Waals surface area contributed by atoms with E-state index in [4.69, 9.17) is 21.7 Å². The maximum Gasteiger partial charge on any atom is 0.216 e. The monoisotopic (exact) mass is 306 g/mol. The summed E-state index contributed by atoms with van der Waals surface area (Å²) in [4.78, 5) is 0. The maximum atomic E-state index is 5.73. The summed E-state index contributed by atoms with van der Waals surface area (Å²) >= 11 is 5.10. The smallest absolute Gasteiger partial charge is 0.216 e. The average Bonchev–Trinajstić information content (AvgIpc) is 2.75. The number of nitrogens with zero attached hydrogens (tertiary/aromatic N) is 3. The van der Waals surface area contributed by atoms with Crippen LogP contribution >= 0.6 is 12.2 Å². The molecule has 112 valence electrons. The Labute approximate surface area is 128 Å². The molecule has 6 nitrogen and oxygen atoms in total. The number of hydrogen-bond acceptors (Lipinski definition) is 5. The van der Waals surface area contributed by atoms with Gasteiger partial charge in [-0.3, -0.25) is 5.10 Å². The molecule has 0 atom stereocenters. The van der Waals surface area contributed by atoms with Crippen molar-refractivity contribution in [3.63, 3.8) is 0 Å². The van der Waals surface area contributed by atoms with Gasteiger partial charge in [0, 0.05) is 0 Å². The second-order valence-electron chi connectivity index (χ2n) is 4.71. The van der Waals surface area contributed by atoms with E-state index in [0.717, 1.165) is 5.56 Å². The van der Waals surface area contributed by atoms with E-state index in [1.807, 2.05) is 39.0 Å². The predicted molar refractivity (Wildman–Crippen MR) is 83.9 cm³/mol. The normalized spacial score (nSPS) is 11.3. The molecule has 0 aliphatic heterocycles. The Morgan fingerprint density at radius 1 is 1.38 bits per heavy atom. The minimum Gasteiger partial charge on any atom is -0.493 e. The summed E-state index contributed by atoms with van der Waals surface area (Å²) in [7, 11) is 1.62. The van der Waals surface area contributed by atoms with Crippen LogP contribution < -0.4 is 9.47 Å². The van der Waals surface area contributed by atoms with E-state index >= 15 is 0 Å². The fourth-order valence-corrected chi connectivity index (χ4v) is 1.98. The molecule has 1 aromatic carbocycles. The van der Waals surface area contributed by atoms with Crippen LogP contribution in [0.25, 0.3) is 0 Å². The van der Waals surface area contributed by atoms with Gasteiger partial charge in [0.2, 0.25) is 4.77 Å². The molecule has 0 amide bonds. The molecule has 0 saturated heterocycles. The van der Waals surface area contributed by atoms with Crippen LogP contribution in [0, 0.1) is 11.7 Å². The number of ether oxygens (including phenoxy) is 2. The number of benzene rings is 1. The van der Waals surface area contributed by atoms with Crippen LogP contribution in [0.3, 0.4) is 0 Å². The van der Waals surface area contributed by atoms with Crippen molar-refractivity contribution in [3.05, 3.63) is 34.4 Å². The van der Waals surface area contributed by atoms with Gasteiger partial charge >= 0.3 is 0 Å². The van der Waals surface area contributed by atoms with Gasteiger partial charge in [0.25, 0.3) is 0 Å². The molecule has 0 saturated carbocycles. The summed E-state index contributed by atoms with van der Waals surface area (Å²) in [5.41, 5.74) is 0.883. The Morgan fingerprint density at radius 2 is 2.14 bits per heavy atom. The lowest BCUT2D eigenvalue weighted by Gasteiger charge is -2.13. The molecule has 1 heterocycles. The Balaban J connectivity index is 2.30. The number of aryl methyl sites for hydroxylation is 1. The quantitative estimate of drug-likeness (QED) is 0.681. The Morgan fingerprint density at radius 3 is 2.71 bits per heavy atom. The molecule has 0 radical (unpaired) electrons. The van der Waals surface area contributed by atoms with Crippen molar-refractivity contribution in [3.8, 4) is 11.5 Å². The van der Waals surface area contributed by atoms with Gasteiger partial charge < -0.3 is 9.47 Å². The molecule has 2 aromatic rings. The highest BCUT2D eigenvalue weighted by molar-refractivity contribution is 7.71. The molecular formula is C14H18N4O2S. The average molecular weight is 306 g/mol. The van der Waals surface area contributed by atoms with Crippen LogP contribution in [-0.4, -0.2) is 34.3 Å². The molecule has 21 heavy (non-hydrogen) atoms. The molecule has 1 N–H and O–H groups in total. The van der Waals surface area contributed by atoms with Crippen LogP contribution in [0.15, 0.2) is 23.3 Å². The highest BCUT2D eigenvalue weighted by Crippen LogP contribution is 2.28. The summed E-state index contributed by atoms with van der Waals surface area (Å²) in [5.74, 6) is 2.07. The molecule has 0 aliphatic rings. The molecule has 0 bridgehead atoms. The van der Waals surface area contributed by atoms with Crippen molar-refractivity contribution in [2.75, 3.05) is 7.11 Å². The molecule has 7 heteroatoms. The molecule has 0 spiro atoms. The first-order valence-electron chi connectivity index (χ1n) is 6.54. The third-order valence-corrected chi connectivity index (χ3v) is 2.95. The maximum absolute atomic E-state index is 5.73. The van der Waals surface area contributed by atoms with E-state index in [2.05, 4.69) is 15.3 Å². The van der Waals surface area contributed by atoms with Crippen molar-refractivity contribution >= 4 is 18.4 Å². The van der Waals surface area contributed by atoms with Crippen LogP contribution in [-0.2, 0) is 0 Å². The lowest BCUT2D eigenvalue weighted by molar-refractivity contribution is 0.230. The minimum atomic E-state index is 0.0656. The summed E-state index contributed by atoms with van der Waals surface area (Å²) in [6.45, 7) is 5.76. The standard InChI is InChI=1S/C14H18N4O2S/c1-9(2)20-13-7-11(5-6-12(13)19-4)8-15-18-10(3)16-17-14(18)21/h5-9H,1-4H3,(H,17,21)/b15-8-. The number of H-pyrrole nitrogens is 1. The van der Waals surface area contributed by atoms with Crippen LogP contribution in [0.4, 0.5) is 0 Å². The molecule has 0 fully saturated rings. The Kier molecular flexibility index (Phi) is 4.74. The number of aromatic amines is 1. The number of methoxy groups -OCH3 is 1. The van der Waals surface area contributed by atoms with Crippen molar-refractivity contribution in [2.24, 2.45) is 5.10 Å². The van der Waals surface area contributed by atoms with Crippen LogP contribution in [0.5, 0.6) is 11.5 Å². The first kappa shape index (κ1) is 15.2. The molecular weight excluding hydrogens is 288 g/mol. The summed E-state index contributed by atoms with van der Waals surface area (Å²) in [6.07, 6.45) is 1.76. The zero-order chi connectivity index (χ0) is 15.4. The van der Waals surface area contributed by atoms with Crippen molar-refractivity contribution in [1.82, 2.24) is 14.9 Å². The molecule has 2 rings (SSSR count). The van der Waals surface area contributed by atoms with E-state index in [0.29, 0.717) is 22.1 Å². The van der Waals surface area contributed by atoms with Gasteiger partial charge in [-0.25, -0.2) is 0 Å². The number of hydrogen-bond donors (Lipinski definition) is 1. The zero-order valence-corrected chi connectivity index (χ0v) is 13.3. The lowest BCUT2D eigenvalue weighted by Crippen LogP contribution is -2.07. The molecule has 1 aromatic heterocycles. The number of nitrogens with one attached hydrogen (secondary N) is 1. The third-order valence-electron chi connectivity index (χ3n) is 2.68. The van der Waals surface area contributed by atoms with Gasteiger partial charge in [0.1, 0.15) is 5.82 Å². The number of aromatic nitrogens is 3. The second-order valence-corrected chi connectivity index (χ2v) is 5.10. The van der Waals surface area contributed by atoms with Gasteiger partial charge in [-0.15, -0.1) is 0 Å². The summed E-state index contributed by atoms with van der Waals surface area (Å²) in [5, 5.41) is 11.0. The highest BCUT2D eigenvalue weighted by atomic mass is 32.1. The SMILES string of the molecule is COc1ccc(/C=N\n2c(C)n[nH]c2=S)cc1OC(C)C. The fourth-order valence-electron chi connectivity index (χ4n) is 1.75. The van der Waals surface area contributed by atoms with Crippen LogP contribution in [0.2, 0.25) is 0 Å². The van der Waals surface area contributed by atoms with Gasteiger partial charge in [-0.1, -0.05) is 0 Å². The first-order chi connectivity index (χ1) is 10.0. The van der Waals surface area contributed by atoms with Gasteiger partial charge in [0.05, 0.1) is 19.4 Å². The van der Waals surface area contributed by atoms with Gasteiger partial charge in [-0.05, 0) is 56.8 Å². The summed E-state index contributed by atoms with van der Waals surface area (Å²) in [6, 6.07) is 5.62. The van der Waals surface area contributed by atoms with Crippen LogP contribution in [0.1, 0.15) is 25.2 Å². The van der Waals surface area contributed by atoms with Gasteiger partial charge in [-0.2, -0.15) is 14.9 Å². The Hall–Kier alpha value is -2.15. The Bertz CT molecular complexity index is 703. The largest absolute Gasteiger partial charge is 0.493 e. The molecule has 0 aliphatic carbocycles. The van der Waals surface area contributed by atoms with Crippen molar-refractivity contribution < 1.29 is 9.47 Å². The number of rotatable bonds is 5. The van der Waals surface area contributed by atoms with E-state index < -0.39 is 0 Å².